The number of nitrogens with zero attached hydrogens (tertiary/aromatic N) is 2. The number of rotatable bonds is 5. The summed E-state index contributed by atoms with van der Waals surface area (Å²) in [6, 6.07) is 15.1. The van der Waals surface area contributed by atoms with Crippen molar-refractivity contribution in [3.05, 3.63) is 64.4 Å². The molecule has 5 nitrogen and oxygen atoms in total. The van der Waals surface area contributed by atoms with E-state index in [1.54, 1.807) is 17.6 Å². The summed E-state index contributed by atoms with van der Waals surface area (Å²) in [7, 11) is 1.36. The summed E-state index contributed by atoms with van der Waals surface area (Å²) in [4.78, 5) is 30.0. The average molecular weight is 382 g/mol. The molecule has 3 rings (SSSR count). The maximum absolute atomic E-state index is 13.3. The summed E-state index contributed by atoms with van der Waals surface area (Å²) in [5.74, 6) is -0.124. The number of hydrogen-bond donors (Lipinski definition) is 0. The van der Waals surface area contributed by atoms with Gasteiger partial charge in [0.05, 0.1) is 23.7 Å². The normalized spacial score (nSPS) is 12.3. The average Bonchev–Trinajstić information content (AvgIpc) is 2.67. The van der Waals surface area contributed by atoms with Crippen molar-refractivity contribution in [1.82, 2.24) is 9.55 Å². The predicted molar refractivity (Wildman–Crippen MR) is 109 cm³/mol. The molecule has 1 atom stereocenters. The van der Waals surface area contributed by atoms with Crippen LogP contribution in [0.2, 0.25) is 0 Å². The van der Waals surface area contributed by atoms with Crippen molar-refractivity contribution < 1.29 is 9.53 Å². The van der Waals surface area contributed by atoms with Crippen LogP contribution in [-0.2, 0) is 9.53 Å². The maximum atomic E-state index is 13.3. The molecule has 0 N–H and O–H groups in total. The van der Waals surface area contributed by atoms with Crippen molar-refractivity contribution in [1.29, 1.82) is 0 Å². The lowest BCUT2D eigenvalue weighted by Gasteiger charge is -2.19. The van der Waals surface area contributed by atoms with Gasteiger partial charge < -0.3 is 4.74 Å². The van der Waals surface area contributed by atoms with Crippen molar-refractivity contribution in [3.63, 3.8) is 0 Å². The smallest absolute Gasteiger partial charge is 0.318 e. The summed E-state index contributed by atoms with van der Waals surface area (Å²) in [5.41, 5.74) is 2.30. The molecule has 0 amide bonds. The number of thioether (sulfide) groups is 1. The van der Waals surface area contributed by atoms with Gasteiger partial charge in [0.15, 0.2) is 5.16 Å². The SMILES string of the molecule is COC(=O)[C@@H](C)Sc1nc2ccccc2c(=O)n1-c1ccccc1C(C)C. The Balaban J connectivity index is 2.30. The molecule has 0 saturated carbocycles. The number of methoxy groups -OCH3 is 1. The lowest BCUT2D eigenvalue weighted by atomic mass is 10.0. The van der Waals surface area contributed by atoms with E-state index >= 15 is 0 Å². The summed E-state index contributed by atoms with van der Waals surface area (Å²) in [6.07, 6.45) is 0. The van der Waals surface area contributed by atoms with Gasteiger partial charge in [0.1, 0.15) is 5.25 Å². The van der Waals surface area contributed by atoms with Crippen LogP contribution >= 0.6 is 11.8 Å². The number of ether oxygens (including phenoxy) is 1. The van der Waals surface area contributed by atoms with Crippen LogP contribution in [0.15, 0.2) is 58.5 Å². The molecule has 1 heterocycles. The molecule has 27 heavy (non-hydrogen) atoms. The van der Waals surface area contributed by atoms with Gasteiger partial charge in [-0.1, -0.05) is 55.9 Å². The minimum atomic E-state index is -0.486. The van der Waals surface area contributed by atoms with E-state index in [0.717, 1.165) is 11.3 Å². The zero-order chi connectivity index (χ0) is 19.6. The second-order valence-electron chi connectivity index (χ2n) is 6.55. The molecule has 0 aliphatic heterocycles. The van der Waals surface area contributed by atoms with Crippen LogP contribution in [0.3, 0.4) is 0 Å². The number of esters is 1. The van der Waals surface area contributed by atoms with Crippen molar-refractivity contribution in [2.24, 2.45) is 0 Å². The van der Waals surface area contributed by atoms with Crippen LogP contribution < -0.4 is 5.56 Å². The van der Waals surface area contributed by atoms with Gasteiger partial charge in [-0.3, -0.25) is 14.2 Å². The summed E-state index contributed by atoms with van der Waals surface area (Å²) in [5, 5.41) is 0.538. The van der Waals surface area contributed by atoms with Crippen molar-refractivity contribution in [2.45, 2.75) is 37.1 Å². The zero-order valence-corrected chi connectivity index (χ0v) is 16.6. The fourth-order valence-corrected chi connectivity index (χ4v) is 3.90. The molecule has 0 spiro atoms. The Bertz CT molecular complexity index is 1040. The largest absolute Gasteiger partial charge is 0.468 e. The number of fused-ring (bicyclic) bond motifs is 1. The van der Waals surface area contributed by atoms with E-state index in [-0.39, 0.29) is 17.4 Å². The minimum absolute atomic E-state index is 0.145. The lowest BCUT2D eigenvalue weighted by molar-refractivity contribution is -0.139. The first kappa shape index (κ1) is 19.2. The van der Waals surface area contributed by atoms with Crippen LogP contribution in [0.25, 0.3) is 16.6 Å². The van der Waals surface area contributed by atoms with Crippen molar-refractivity contribution in [3.8, 4) is 5.69 Å². The standard InChI is InChI=1S/C21H22N2O3S/c1-13(2)15-9-6-8-12-18(15)23-19(24)16-10-5-7-11-17(16)22-21(23)27-14(3)20(25)26-4/h5-14H,1-4H3/t14-/m1/s1. The molecule has 0 bridgehead atoms. The van der Waals surface area contributed by atoms with E-state index < -0.39 is 5.25 Å². The van der Waals surface area contributed by atoms with Gasteiger partial charge in [0, 0.05) is 0 Å². The molecule has 0 fully saturated rings. The first-order valence-corrected chi connectivity index (χ1v) is 9.67. The number of carbonyl (C=O) groups excluding carboxylic acids is 1. The first-order chi connectivity index (χ1) is 12.9. The number of para-hydroxylation sites is 2. The minimum Gasteiger partial charge on any atom is -0.468 e. The van der Waals surface area contributed by atoms with Crippen molar-refractivity contribution >= 4 is 28.6 Å². The molecule has 140 valence electrons. The van der Waals surface area contributed by atoms with E-state index in [1.165, 1.54) is 18.9 Å². The summed E-state index contributed by atoms with van der Waals surface area (Å²) < 4.78 is 6.45. The lowest BCUT2D eigenvalue weighted by Crippen LogP contribution is -2.25. The Kier molecular flexibility index (Phi) is 5.65. The number of aromatic nitrogens is 2. The second-order valence-corrected chi connectivity index (χ2v) is 7.86. The molecule has 6 heteroatoms. The Hall–Kier alpha value is -2.60. The number of benzene rings is 2. The third-order valence-corrected chi connectivity index (χ3v) is 5.39. The Morgan fingerprint density at radius 1 is 1.07 bits per heavy atom. The van der Waals surface area contributed by atoms with Gasteiger partial charge in [-0.05, 0) is 36.6 Å². The van der Waals surface area contributed by atoms with Crippen LogP contribution in [0.5, 0.6) is 0 Å². The number of carbonyl (C=O) groups is 1. The van der Waals surface area contributed by atoms with Gasteiger partial charge >= 0.3 is 5.97 Å². The topological polar surface area (TPSA) is 61.2 Å². The third-order valence-electron chi connectivity index (χ3n) is 4.36. The van der Waals surface area contributed by atoms with Crippen LogP contribution in [0.1, 0.15) is 32.3 Å². The van der Waals surface area contributed by atoms with Crippen LogP contribution in [0.4, 0.5) is 0 Å². The van der Waals surface area contributed by atoms with E-state index in [2.05, 4.69) is 18.8 Å². The fraction of sp³-hybridized carbons (Fsp3) is 0.286. The molecule has 0 aliphatic rings. The first-order valence-electron chi connectivity index (χ1n) is 8.79. The molecule has 3 aromatic rings. The van der Waals surface area contributed by atoms with Crippen molar-refractivity contribution in [2.75, 3.05) is 7.11 Å². The van der Waals surface area contributed by atoms with Gasteiger partial charge in [-0.2, -0.15) is 0 Å². The Morgan fingerprint density at radius 3 is 2.44 bits per heavy atom. The van der Waals surface area contributed by atoms with E-state index in [1.807, 2.05) is 42.5 Å². The molecular weight excluding hydrogens is 360 g/mol. The molecule has 1 aromatic heterocycles. The zero-order valence-electron chi connectivity index (χ0n) is 15.8. The highest BCUT2D eigenvalue weighted by molar-refractivity contribution is 8.00. The van der Waals surface area contributed by atoms with Crippen LogP contribution in [0, 0.1) is 0 Å². The van der Waals surface area contributed by atoms with E-state index in [0.29, 0.717) is 16.1 Å². The molecule has 0 radical (unpaired) electrons. The highest BCUT2D eigenvalue weighted by Gasteiger charge is 2.22. The van der Waals surface area contributed by atoms with E-state index in [9.17, 15) is 9.59 Å². The molecule has 0 aliphatic carbocycles. The van der Waals surface area contributed by atoms with Gasteiger partial charge in [-0.25, -0.2) is 4.98 Å². The summed E-state index contributed by atoms with van der Waals surface area (Å²) in [6.45, 7) is 5.92. The van der Waals surface area contributed by atoms with E-state index in [4.69, 9.17) is 4.74 Å². The number of hydrogen-bond acceptors (Lipinski definition) is 5. The monoisotopic (exact) mass is 382 g/mol. The predicted octanol–water partition coefficient (Wildman–Crippen LogP) is 4.16. The molecule has 0 unspecified atom stereocenters. The molecule has 2 aromatic carbocycles. The Morgan fingerprint density at radius 2 is 1.74 bits per heavy atom. The highest BCUT2D eigenvalue weighted by Crippen LogP contribution is 2.29. The maximum Gasteiger partial charge on any atom is 0.318 e. The van der Waals surface area contributed by atoms with Gasteiger partial charge in [0.2, 0.25) is 0 Å². The van der Waals surface area contributed by atoms with Gasteiger partial charge in [-0.15, -0.1) is 0 Å². The fourth-order valence-electron chi connectivity index (χ4n) is 2.96. The third kappa shape index (κ3) is 3.76. The van der Waals surface area contributed by atoms with Gasteiger partial charge in [0.25, 0.3) is 5.56 Å². The molecular formula is C21H22N2O3S. The molecule has 0 saturated heterocycles. The Labute approximate surface area is 162 Å². The quantitative estimate of drug-likeness (QED) is 0.377. The highest BCUT2D eigenvalue weighted by atomic mass is 32.2. The summed E-state index contributed by atoms with van der Waals surface area (Å²) >= 11 is 1.22. The second kappa shape index (κ2) is 7.96. The van der Waals surface area contributed by atoms with Crippen LogP contribution in [-0.4, -0.2) is 27.9 Å².